The van der Waals surface area contributed by atoms with E-state index in [1.54, 1.807) is 6.07 Å². The van der Waals surface area contributed by atoms with Crippen LogP contribution in [-0.4, -0.2) is 40.6 Å². The van der Waals surface area contributed by atoms with Gasteiger partial charge in [0, 0.05) is 13.1 Å². The van der Waals surface area contributed by atoms with Crippen molar-refractivity contribution in [2.45, 2.75) is 13.0 Å². The second-order valence-electron chi connectivity index (χ2n) is 3.64. The molecule has 1 heterocycles. The van der Waals surface area contributed by atoms with Gasteiger partial charge in [0.2, 0.25) is 0 Å². The number of carbonyl (C=O) groups is 2. The predicted octanol–water partition coefficient (Wildman–Crippen LogP) is -0.561. The van der Waals surface area contributed by atoms with Gasteiger partial charge in [-0.05, 0) is 5.10 Å². The van der Waals surface area contributed by atoms with Crippen LogP contribution >= 0.6 is 0 Å². The second-order valence-corrected chi connectivity index (χ2v) is 3.64. The number of aryl methyl sites for hydroxylation is 1. The Morgan fingerprint density at radius 3 is 2.83 bits per heavy atom. The van der Waals surface area contributed by atoms with Crippen molar-refractivity contribution in [3.8, 4) is 6.07 Å². The van der Waals surface area contributed by atoms with E-state index in [4.69, 9.17) is 10.4 Å². The minimum absolute atomic E-state index is 0.00669. The lowest BCUT2D eigenvalue weighted by molar-refractivity contribution is -0.753. The third-order valence-electron chi connectivity index (χ3n) is 2.23. The van der Waals surface area contributed by atoms with E-state index in [0.29, 0.717) is 5.56 Å². The van der Waals surface area contributed by atoms with Gasteiger partial charge in [0.15, 0.2) is 12.7 Å². The molecule has 0 saturated carbocycles. The lowest BCUT2D eigenvalue weighted by atomic mass is 10.3. The van der Waals surface area contributed by atoms with Crippen LogP contribution in [0.1, 0.15) is 16.8 Å². The summed E-state index contributed by atoms with van der Waals surface area (Å²) in [6, 6.07) is 3.42. The number of hydrogen-bond donors (Lipinski definition) is 1. The van der Waals surface area contributed by atoms with Crippen molar-refractivity contribution in [3.05, 3.63) is 24.0 Å². The molecule has 0 saturated heterocycles. The first-order chi connectivity index (χ1) is 8.54. The highest BCUT2D eigenvalue weighted by Gasteiger charge is 2.14. The van der Waals surface area contributed by atoms with Gasteiger partial charge in [0.05, 0.1) is 11.6 Å². The normalized spacial score (nSPS) is 9.56. The van der Waals surface area contributed by atoms with Gasteiger partial charge in [-0.15, -0.1) is 0 Å². The zero-order valence-electron chi connectivity index (χ0n) is 9.91. The molecule has 0 aliphatic heterocycles. The number of amides is 1. The van der Waals surface area contributed by atoms with E-state index < -0.39 is 5.97 Å². The summed E-state index contributed by atoms with van der Waals surface area (Å²) in [4.78, 5) is 23.4. The Labute approximate surface area is 104 Å². The second kappa shape index (κ2) is 6.30. The minimum atomic E-state index is -0.904. The summed E-state index contributed by atoms with van der Waals surface area (Å²) in [6.45, 7) is 0.255. The molecule has 1 aromatic heterocycles. The Morgan fingerprint density at radius 1 is 1.61 bits per heavy atom. The molecule has 1 rings (SSSR count). The van der Waals surface area contributed by atoms with Gasteiger partial charge in [-0.3, -0.25) is 9.59 Å². The SMILES string of the molecule is CN(CC#N)C(=O)c1cc[n+](CCC(=O)O)nc1. The Balaban J connectivity index is 2.68. The zero-order valence-corrected chi connectivity index (χ0v) is 9.91. The van der Waals surface area contributed by atoms with Crippen LogP contribution in [0, 0.1) is 11.3 Å². The van der Waals surface area contributed by atoms with Gasteiger partial charge < -0.3 is 10.0 Å². The number of rotatable bonds is 5. The maximum atomic E-state index is 11.7. The summed E-state index contributed by atoms with van der Waals surface area (Å²) in [6.07, 6.45) is 2.87. The lowest BCUT2D eigenvalue weighted by Gasteiger charge is -2.11. The van der Waals surface area contributed by atoms with E-state index in [-0.39, 0.29) is 25.4 Å². The fraction of sp³-hybridized carbons (Fsp3) is 0.364. The molecule has 0 bridgehead atoms. The van der Waals surface area contributed by atoms with Gasteiger partial charge in [0.1, 0.15) is 19.2 Å². The molecule has 94 valence electrons. The average molecular weight is 249 g/mol. The van der Waals surface area contributed by atoms with E-state index in [1.807, 2.05) is 6.07 Å². The number of hydrogen-bond acceptors (Lipinski definition) is 4. The number of carbonyl (C=O) groups excluding carboxylic acids is 1. The van der Waals surface area contributed by atoms with Crippen molar-refractivity contribution in [2.24, 2.45) is 0 Å². The average Bonchev–Trinajstić information content (AvgIpc) is 2.36. The van der Waals surface area contributed by atoms with Crippen LogP contribution in [0.2, 0.25) is 0 Å². The van der Waals surface area contributed by atoms with Gasteiger partial charge in [-0.1, -0.05) is 4.68 Å². The van der Waals surface area contributed by atoms with Gasteiger partial charge >= 0.3 is 5.97 Å². The fourth-order valence-electron chi connectivity index (χ4n) is 1.25. The monoisotopic (exact) mass is 249 g/mol. The lowest BCUT2D eigenvalue weighted by Crippen LogP contribution is -2.39. The fourth-order valence-corrected chi connectivity index (χ4v) is 1.25. The number of carboxylic acid groups (broad SMARTS) is 1. The molecule has 7 nitrogen and oxygen atoms in total. The van der Waals surface area contributed by atoms with Gasteiger partial charge in [-0.25, -0.2) is 0 Å². The highest BCUT2D eigenvalue weighted by Crippen LogP contribution is 1.99. The molecule has 1 aromatic rings. The molecule has 0 aliphatic carbocycles. The van der Waals surface area contributed by atoms with Crippen LogP contribution in [0.3, 0.4) is 0 Å². The molecule has 0 aromatic carbocycles. The Kier molecular flexibility index (Phi) is 4.75. The summed E-state index contributed by atoms with van der Waals surface area (Å²) < 4.78 is 1.44. The highest BCUT2D eigenvalue weighted by atomic mass is 16.4. The minimum Gasteiger partial charge on any atom is -0.481 e. The summed E-state index contributed by atoms with van der Waals surface area (Å²) in [5, 5.41) is 20.9. The first kappa shape index (κ1) is 13.6. The van der Waals surface area contributed by atoms with Gasteiger partial charge in [0.25, 0.3) is 5.91 Å². The Bertz CT molecular complexity index is 478. The maximum Gasteiger partial charge on any atom is 0.309 e. The largest absolute Gasteiger partial charge is 0.481 e. The summed E-state index contributed by atoms with van der Waals surface area (Å²) in [5.41, 5.74) is 0.360. The molecule has 0 radical (unpaired) electrons. The third kappa shape index (κ3) is 3.83. The van der Waals surface area contributed by atoms with Crippen molar-refractivity contribution in [1.82, 2.24) is 10.00 Å². The quantitative estimate of drug-likeness (QED) is 0.557. The van der Waals surface area contributed by atoms with Crippen LogP contribution in [0.15, 0.2) is 18.5 Å². The van der Waals surface area contributed by atoms with E-state index >= 15 is 0 Å². The third-order valence-corrected chi connectivity index (χ3v) is 2.23. The van der Waals surface area contributed by atoms with Crippen molar-refractivity contribution in [3.63, 3.8) is 0 Å². The van der Waals surface area contributed by atoms with E-state index in [1.165, 1.54) is 29.0 Å². The molecular formula is C11H13N4O3+. The predicted molar refractivity (Wildman–Crippen MR) is 59.3 cm³/mol. The van der Waals surface area contributed by atoms with Crippen LogP contribution in [0.25, 0.3) is 0 Å². The topological polar surface area (TPSA) is 98.2 Å². The van der Waals surface area contributed by atoms with Crippen LogP contribution in [0.5, 0.6) is 0 Å². The van der Waals surface area contributed by atoms with E-state index in [9.17, 15) is 9.59 Å². The van der Waals surface area contributed by atoms with Crippen molar-refractivity contribution >= 4 is 11.9 Å². The molecule has 0 aliphatic rings. The summed E-state index contributed by atoms with van der Waals surface area (Å²) in [5.74, 6) is -1.20. The summed E-state index contributed by atoms with van der Waals surface area (Å²) in [7, 11) is 1.52. The first-order valence-corrected chi connectivity index (χ1v) is 5.24. The van der Waals surface area contributed by atoms with E-state index in [2.05, 4.69) is 5.10 Å². The maximum absolute atomic E-state index is 11.7. The molecule has 1 amide bonds. The van der Waals surface area contributed by atoms with Crippen molar-refractivity contribution in [2.75, 3.05) is 13.6 Å². The molecule has 0 spiro atoms. The number of aromatic nitrogens is 2. The van der Waals surface area contributed by atoms with Crippen molar-refractivity contribution < 1.29 is 19.4 Å². The number of carboxylic acids is 1. The molecular weight excluding hydrogens is 236 g/mol. The summed E-state index contributed by atoms with van der Waals surface area (Å²) >= 11 is 0. The smallest absolute Gasteiger partial charge is 0.309 e. The molecule has 0 fully saturated rings. The standard InChI is InChI=1S/C11H12N4O3/c1-14(7-4-12)11(18)9-2-5-15(13-8-9)6-3-10(16)17/h2,5,8H,3,6-7H2,1H3/p+1. The Hall–Kier alpha value is -2.49. The zero-order chi connectivity index (χ0) is 13.5. The highest BCUT2D eigenvalue weighted by molar-refractivity contribution is 5.93. The molecule has 0 unspecified atom stereocenters. The van der Waals surface area contributed by atoms with Crippen LogP contribution in [0.4, 0.5) is 0 Å². The molecule has 18 heavy (non-hydrogen) atoms. The van der Waals surface area contributed by atoms with Crippen molar-refractivity contribution in [1.29, 1.82) is 5.26 Å². The van der Waals surface area contributed by atoms with Crippen LogP contribution < -0.4 is 4.68 Å². The van der Waals surface area contributed by atoms with Crippen LogP contribution in [-0.2, 0) is 11.3 Å². The van der Waals surface area contributed by atoms with E-state index in [0.717, 1.165) is 0 Å². The molecule has 1 N–H and O–H groups in total. The molecule has 0 atom stereocenters. The number of nitriles is 1. The number of aliphatic carboxylic acids is 1. The molecule has 7 heteroatoms. The van der Waals surface area contributed by atoms with Gasteiger partial charge in [-0.2, -0.15) is 5.26 Å². The Morgan fingerprint density at radius 2 is 2.33 bits per heavy atom. The number of nitrogens with zero attached hydrogens (tertiary/aromatic N) is 4. The first-order valence-electron chi connectivity index (χ1n) is 5.24.